The number of rotatable bonds is 4. The average molecular weight is 574 g/mol. The van der Waals surface area contributed by atoms with Crippen LogP contribution in [0.4, 0.5) is 8.78 Å². The lowest BCUT2D eigenvalue weighted by molar-refractivity contribution is 0.0481. The van der Waals surface area contributed by atoms with Gasteiger partial charge in [0.05, 0.1) is 17.1 Å². The first-order chi connectivity index (χ1) is 20.9. The zero-order valence-corrected chi connectivity index (χ0v) is 23.8. The number of H-pyrrole nitrogens is 2. The number of nitrogens with zero attached hydrogens (tertiary/aromatic N) is 1. The van der Waals surface area contributed by atoms with E-state index >= 15 is 8.78 Å². The third kappa shape index (κ3) is 3.64. The van der Waals surface area contributed by atoms with Crippen LogP contribution in [-0.4, -0.2) is 27.5 Å². The second-order valence-electron chi connectivity index (χ2n) is 13.8. The van der Waals surface area contributed by atoms with Crippen molar-refractivity contribution >= 4 is 11.0 Å². The molecule has 2 bridgehead atoms. The molecule has 0 amide bonds. The highest BCUT2D eigenvalue weighted by Gasteiger charge is 2.49. The Kier molecular flexibility index (Phi) is 4.82. The van der Waals surface area contributed by atoms with Gasteiger partial charge in [-0.05, 0) is 114 Å². The standard InChI is InChI=1S/C36H33F2N5/c37-36(38)26-14-19(20-4-8-29-31(16-20)43-34(42-29)33-22-1-5-23(13-22)40-33)2-6-24(26)25-7-3-21(15-27(25)36)28-9-10-30(41-28)32-17-35(11-12-35)18-39-32/h2-4,6-10,14-16,22-23,32-33,39-41H,1,5,11-13,17-18H2,(H,42,43)/t22-,23-,32+,33+/m1/s1. The maximum absolute atomic E-state index is 16.1. The molecule has 5 aromatic rings. The average Bonchev–Trinajstić information content (AvgIpc) is 3.68. The molecular weight excluding hydrogens is 540 g/mol. The fourth-order valence-corrected chi connectivity index (χ4v) is 8.57. The summed E-state index contributed by atoms with van der Waals surface area (Å²) in [4.78, 5) is 11.9. The number of hydrogen-bond acceptors (Lipinski definition) is 3. The van der Waals surface area contributed by atoms with Crippen molar-refractivity contribution in [2.45, 2.75) is 62.6 Å². The van der Waals surface area contributed by atoms with Gasteiger partial charge in [-0.1, -0.05) is 30.3 Å². The molecule has 7 heteroatoms. The van der Waals surface area contributed by atoms with Crippen LogP contribution in [0.15, 0.2) is 66.7 Å². The molecule has 2 aromatic heterocycles. The summed E-state index contributed by atoms with van der Waals surface area (Å²) in [6.07, 6.45) is 7.51. The van der Waals surface area contributed by atoms with E-state index in [2.05, 4.69) is 26.7 Å². The van der Waals surface area contributed by atoms with Gasteiger partial charge in [0.25, 0.3) is 5.92 Å². The maximum Gasteiger partial charge on any atom is 0.299 e. The van der Waals surface area contributed by atoms with E-state index in [1.807, 2.05) is 48.5 Å². The maximum atomic E-state index is 16.1. The third-order valence-corrected chi connectivity index (χ3v) is 11.2. The zero-order chi connectivity index (χ0) is 28.5. The van der Waals surface area contributed by atoms with Gasteiger partial charge in [0.15, 0.2) is 0 Å². The molecule has 4 fully saturated rings. The van der Waals surface area contributed by atoms with Gasteiger partial charge in [0, 0.05) is 41.1 Å². The van der Waals surface area contributed by atoms with E-state index in [1.165, 1.54) is 32.1 Å². The highest BCUT2D eigenvalue weighted by atomic mass is 19.3. The smallest absolute Gasteiger partial charge is 0.299 e. The van der Waals surface area contributed by atoms with Gasteiger partial charge >= 0.3 is 0 Å². The van der Waals surface area contributed by atoms with Crippen molar-refractivity contribution in [2.75, 3.05) is 6.54 Å². The summed E-state index contributed by atoms with van der Waals surface area (Å²) in [6, 6.07) is 22.4. The van der Waals surface area contributed by atoms with Gasteiger partial charge < -0.3 is 20.6 Å². The summed E-state index contributed by atoms with van der Waals surface area (Å²) in [7, 11) is 0. The molecule has 4 heterocycles. The van der Waals surface area contributed by atoms with Crippen LogP contribution in [0.1, 0.15) is 73.3 Å². The lowest BCUT2D eigenvalue weighted by Gasteiger charge is -2.20. The van der Waals surface area contributed by atoms with Crippen molar-refractivity contribution in [3.8, 4) is 33.5 Å². The van der Waals surface area contributed by atoms with Gasteiger partial charge in [0.2, 0.25) is 0 Å². The van der Waals surface area contributed by atoms with Crippen LogP contribution in [-0.2, 0) is 5.92 Å². The fourth-order valence-electron chi connectivity index (χ4n) is 8.57. The Morgan fingerprint density at radius 3 is 2.30 bits per heavy atom. The van der Waals surface area contributed by atoms with E-state index < -0.39 is 5.92 Å². The highest BCUT2D eigenvalue weighted by molar-refractivity contribution is 5.87. The molecule has 216 valence electrons. The summed E-state index contributed by atoms with van der Waals surface area (Å²) >= 11 is 0. The van der Waals surface area contributed by atoms with Crippen molar-refractivity contribution in [3.63, 3.8) is 0 Å². The van der Waals surface area contributed by atoms with Crippen LogP contribution in [0.5, 0.6) is 0 Å². The minimum absolute atomic E-state index is 0.0748. The minimum Gasteiger partial charge on any atom is -0.357 e. The Morgan fingerprint density at radius 2 is 1.56 bits per heavy atom. The molecule has 2 saturated heterocycles. The molecule has 2 aliphatic heterocycles. The molecule has 10 rings (SSSR count). The highest BCUT2D eigenvalue weighted by Crippen LogP contribution is 2.55. The number of hydrogen-bond donors (Lipinski definition) is 4. The van der Waals surface area contributed by atoms with Crippen LogP contribution < -0.4 is 10.6 Å². The number of nitrogens with one attached hydrogen (secondary N) is 4. The van der Waals surface area contributed by atoms with Crippen LogP contribution in [0.25, 0.3) is 44.5 Å². The largest absolute Gasteiger partial charge is 0.357 e. The van der Waals surface area contributed by atoms with Crippen molar-refractivity contribution in [3.05, 3.63) is 89.4 Å². The number of benzene rings is 3. The predicted octanol–water partition coefficient (Wildman–Crippen LogP) is 7.97. The Hall–Kier alpha value is -3.81. The first-order valence-corrected chi connectivity index (χ1v) is 15.8. The summed E-state index contributed by atoms with van der Waals surface area (Å²) in [6.45, 7) is 1.08. The summed E-state index contributed by atoms with van der Waals surface area (Å²) in [5, 5.41) is 7.36. The van der Waals surface area contributed by atoms with Gasteiger partial charge in [-0.2, -0.15) is 8.78 Å². The fraction of sp³-hybridized carbons (Fsp3) is 0.361. The van der Waals surface area contributed by atoms with E-state index in [0.717, 1.165) is 57.9 Å². The normalized spacial score (nSPS) is 27.3. The Balaban J connectivity index is 0.956. The summed E-state index contributed by atoms with van der Waals surface area (Å²) in [5.74, 6) is -1.44. The number of aromatic nitrogens is 3. The molecule has 4 N–H and O–H groups in total. The van der Waals surface area contributed by atoms with Gasteiger partial charge in [-0.3, -0.25) is 0 Å². The van der Waals surface area contributed by atoms with Crippen molar-refractivity contribution in [1.82, 2.24) is 25.6 Å². The quantitative estimate of drug-likeness (QED) is 0.176. The van der Waals surface area contributed by atoms with Gasteiger partial charge in [-0.25, -0.2) is 4.98 Å². The monoisotopic (exact) mass is 573 g/mol. The number of imidazole rings is 1. The number of fused-ring (bicyclic) bond motifs is 6. The molecule has 3 aromatic carbocycles. The Labute approximate surface area is 248 Å². The van der Waals surface area contributed by atoms with Crippen LogP contribution >= 0.6 is 0 Å². The molecule has 5 aliphatic rings. The lowest BCUT2D eigenvalue weighted by atomic mass is 9.98. The van der Waals surface area contributed by atoms with E-state index in [0.29, 0.717) is 34.5 Å². The molecule has 0 radical (unpaired) electrons. The number of alkyl halides is 2. The topological polar surface area (TPSA) is 68.5 Å². The number of piperidine rings is 1. The summed E-state index contributed by atoms with van der Waals surface area (Å²) < 4.78 is 32.2. The second kappa shape index (κ2) is 8.42. The van der Waals surface area contributed by atoms with E-state index in [9.17, 15) is 0 Å². The predicted molar refractivity (Wildman–Crippen MR) is 164 cm³/mol. The minimum atomic E-state index is -3.07. The Morgan fingerprint density at radius 1 is 0.791 bits per heavy atom. The molecular formula is C36H33F2N5. The van der Waals surface area contributed by atoms with E-state index in [-0.39, 0.29) is 17.2 Å². The molecule has 1 spiro atoms. The van der Waals surface area contributed by atoms with E-state index in [4.69, 9.17) is 4.98 Å². The van der Waals surface area contributed by atoms with Crippen LogP contribution in [0.3, 0.4) is 0 Å². The number of aromatic amines is 2. The van der Waals surface area contributed by atoms with Crippen molar-refractivity contribution < 1.29 is 8.78 Å². The molecule has 4 atom stereocenters. The Bertz CT molecular complexity index is 1950. The third-order valence-electron chi connectivity index (χ3n) is 11.2. The first kappa shape index (κ1) is 24.6. The zero-order valence-electron chi connectivity index (χ0n) is 23.8. The van der Waals surface area contributed by atoms with Crippen LogP contribution in [0.2, 0.25) is 0 Å². The molecule has 0 unspecified atom stereocenters. The van der Waals surface area contributed by atoms with E-state index in [1.54, 1.807) is 12.1 Å². The summed E-state index contributed by atoms with van der Waals surface area (Å²) in [5.41, 5.74) is 8.26. The number of halogens is 2. The molecule has 5 nitrogen and oxygen atoms in total. The first-order valence-electron chi connectivity index (χ1n) is 15.8. The van der Waals surface area contributed by atoms with Crippen LogP contribution in [0, 0.1) is 11.3 Å². The molecule has 3 aliphatic carbocycles. The SMILES string of the molecule is FC1(F)c2cc(-c3ccc4nc([C@H]5N[C@@H]6CC[C@@H]5C6)[nH]c4c3)ccc2-c2ccc(-c3ccc([C@@H]4CC5(CC5)CN4)[nH]3)cc21. The second-order valence-corrected chi connectivity index (χ2v) is 13.8. The van der Waals surface area contributed by atoms with Gasteiger partial charge in [-0.15, -0.1) is 0 Å². The van der Waals surface area contributed by atoms with Crippen molar-refractivity contribution in [2.24, 2.45) is 11.3 Å². The van der Waals surface area contributed by atoms with Gasteiger partial charge in [0.1, 0.15) is 5.82 Å². The van der Waals surface area contributed by atoms with Crippen molar-refractivity contribution in [1.29, 1.82) is 0 Å². The molecule has 43 heavy (non-hydrogen) atoms. The lowest BCUT2D eigenvalue weighted by Crippen LogP contribution is -2.29. The molecule has 2 saturated carbocycles.